The van der Waals surface area contributed by atoms with E-state index in [1.165, 1.54) is 6.08 Å². The van der Waals surface area contributed by atoms with Crippen molar-refractivity contribution in [3.63, 3.8) is 0 Å². The smallest absolute Gasteiger partial charge is 0.258 e. The van der Waals surface area contributed by atoms with E-state index in [4.69, 9.17) is 13.9 Å². The first-order valence-corrected chi connectivity index (χ1v) is 17.9. The van der Waals surface area contributed by atoms with Crippen molar-refractivity contribution in [1.82, 2.24) is 9.55 Å². The summed E-state index contributed by atoms with van der Waals surface area (Å²) < 4.78 is 19.2. The number of anilines is 3. The molecule has 0 aliphatic heterocycles. The van der Waals surface area contributed by atoms with Crippen molar-refractivity contribution in [2.75, 3.05) is 31.5 Å². The number of ether oxygens (including phenoxy) is 2. The number of carbonyl (C=O) groups is 1. The van der Waals surface area contributed by atoms with Crippen molar-refractivity contribution < 1.29 is 18.7 Å². The molecular weight excluding hydrogens is 584 g/mol. The van der Waals surface area contributed by atoms with Crippen LogP contribution in [0.15, 0.2) is 72.2 Å². The minimum absolute atomic E-state index is 0.0909. The van der Waals surface area contributed by atoms with Crippen molar-refractivity contribution in [3.8, 4) is 22.6 Å². The Morgan fingerprint density at radius 3 is 2.38 bits per heavy atom. The van der Waals surface area contributed by atoms with E-state index in [-0.39, 0.29) is 16.5 Å². The molecule has 10 heteroatoms. The highest BCUT2D eigenvalue weighted by molar-refractivity contribution is 6.74. The summed E-state index contributed by atoms with van der Waals surface area (Å²) in [7, 11) is 1.22. The van der Waals surface area contributed by atoms with Crippen LogP contribution in [0.4, 0.5) is 17.2 Å². The first kappa shape index (κ1) is 33.5. The van der Waals surface area contributed by atoms with Gasteiger partial charge in [0.1, 0.15) is 17.3 Å². The van der Waals surface area contributed by atoms with Crippen LogP contribution in [-0.4, -0.2) is 44.6 Å². The van der Waals surface area contributed by atoms with E-state index in [9.17, 15) is 9.59 Å². The van der Waals surface area contributed by atoms with Gasteiger partial charge < -0.3 is 29.1 Å². The lowest BCUT2D eigenvalue weighted by Gasteiger charge is -2.36. The summed E-state index contributed by atoms with van der Waals surface area (Å²) in [5, 5.41) is 7.10. The fourth-order valence-electron chi connectivity index (χ4n) is 4.75. The van der Waals surface area contributed by atoms with E-state index in [0.29, 0.717) is 59.4 Å². The van der Waals surface area contributed by atoms with Gasteiger partial charge in [-0.1, -0.05) is 39.5 Å². The van der Waals surface area contributed by atoms with Crippen LogP contribution in [0.3, 0.4) is 0 Å². The minimum atomic E-state index is -1.94. The SMILES string of the molecule is C=CC(=O)Nc1cccc(C)c1Nc1cc2c(cn1)cc(-c1cc(OC)cc(OC)c1)c(=O)n2CCCO[Si](C)(C)C(C)(C)C. The van der Waals surface area contributed by atoms with Crippen LogP contribution >= 0.6 is 0 Å². The Bertz CT molecular complexity index is 1750. The summed E-state index contributed by atoms with van der Waals surface area (Å²) in [6.07, 6.45) is 3.64. The van der Waals surface area contributed by atoms with Gasteiger partial charge in [0, 0.05) is 42.4 Å². The zero-order chi connectivity index (χ0) is 32.9. The normalized spacial score (nSPS) is 11.7. The molecule has 0 aliphatic carbocycles. The van der Waals surface area contributed by atoms with Crippen LogP contribution in [-0.2, 0) is 15.8 Å². The number of aryl methyl sites for hydroxylation is 2. The fraction of sp³-hybridized carbons (Fsp3) is 0.343. The maximum absolute atomic E-state index is 14.2. The predicted molar refractivity (Wildman–Crippen MR) is 186 cm³/mol. The van der Waals surface area contributed by atoms with Gasteiger partial charge in [-0.2, -0.15) is 0 Å². The van der Waals surface area contributed by atoms with E-state index < -0.39 is 8.32 Å². The average Bonchev–Trinajstić information content (AvgIpc) is 3.00. The number of benzene rings is 2. The third kappa shape index (κ3) is 7.64. The third-order valence-electron chi connectivity index (χ3n) is 8.40. The lowest BCUT2D eigenvalue weighted by atomic mass is 10.0. The highest BCUT2D eigenvalue weighted by Crippen LogP contribution is 2.37. The van der Waals surface area contributed by atoms with E-state index >= 15 is 0 Å². The average molecular weight is 629 g/mol. The minimum Gasteiger partial charge on any atom is -0.497 e. The summed E-state index contributed by atoms with van der Waals surface area (Å²) in [6, 6.07) is 14.8. The van der Waals surface area contributed by atoms with Crippen LogP contribution in [0.1, 0.15) is 32.8 Å². The number of nitrogens with zero attached hydrogens (tertiary/aromatic N) is 2. The summed E-state index contributed by atoms with van der Waals surface area (Å²) in [5.41, 5.74) is 4.02. The van der Waals surface area contributed by atoms with Crippen LogP contribution in [0.2, 0.25) is 18.1 Å². The summed E-state index contributed by atoms with van der Waals surface area (Å²) in [4.78, 5) is 31.0. The standard InChI is InChI=1S/C35H44N4O5Si/c1-10-32(40)37-29-14-11-13-23(2)33(29)38-31-21-30-25(22-36-31)19-28(24-17-26(42-6)20-27(18-24)43-7)34(41)39(30)15-12-16-44-45(8,9)35(3,4)5/h10-11,13-14,17-22H,1,12,15-16H2,2-9H3,(H,36,38)(H,37,40). The number of para-hydroxylation sites is 1. The highest BCUT2D eigenvalue weighted by Gasteiger charge is 2.36. The molecule has 0 unspecified atom stereocenters. The molecule has 0 spiro atoms. The fourth-order valence-corrected chi connectivity index (χ4v) is 5.84. The van der Waals surface area contributed by atoms with Gasteiger partial charge in [0.25, 0.3) is 5.56 Å². The number of hydrogen-bond acceptors (Lipinski definition) is 7. The molecule has 0 fully saturated rings. The second-order valence-corrected chi connectivity index (χ2v) is 17.3. The van der Waals surface area contributed by atoms with Crippen molar-refractivity contribution in [3.05, 3.63) is 83.3 Å². The number of carbonyl (C=O) groups excluding carboxylic acids is 1. The number of pyridine rings is 2. The molecule has 2 heterocycles. The molecule has 4 aromatic rings. The van der Waals surface area contributed by atoms with Gasteiger partial charge in [-0.15, -0.1) is 0 Å². The Morgan fingerprint density at radius 2 is 1.76 bits per heavy atom. The zero-order valence-electron chi connectivity index (χ0n) is 27.5. The Kier molecular flexibility index (Phi) is 10.2. The third-order valence-corrected chi connectivity index (χ3v) is 12.9. The second kappa shape index (κ2) is 13.7. The van der Waals surface area contributed by atoms with Crippen LogP contribution < -0.4 is 25.7 Å². The quantitative estimate of drug-likeness (QED) is 0.0943. The topological polar surface area (TPSA) is 104 Å². The Hall–Kier alpha value is -4.41. The van der Waals surface area contributed by atoms with Crippen molar-refractivity contribution in [2.45, 2.75) is 58.8 Å². The predicted octanol–water partition coefficient (Wildman–Crippen LogP) is 7.67. The summed E-state index contributed by atoms with van der Waals surface area (Å²) in [6.45, 7) is 17.6. The summed E-state index contributed by atoms with van der Waals surface area (Å²) in [5.74, 6) is 1.40. The Balaban J connectivity index is 1.80. The highest BCUT2D eigenvalue weighted by atomic mass is 28.4. The largest absolute Gasteiger partial charge is 0.497 e. The maximum atomic E-state index is 14.2. The molecule has 1 amide bonds. The molecule has 2 N–H and O–H groups in total. The van der Waals surface area contributed by atoms with E-state index in [2.05, 4.69) is 56.1 Å². The molecule has 4 rings (SSSR count). The molecule has 0 saturated heterocycles. The number of fused-ring (bicyclic) bond motifs is 1. The van der Waals surface area contributed by atoms with E-state index in [1.54, 1.807) is 31.0 Å². The van der Waals surface area contributed by atoms with Gasteiger partial charge in [0.05, 0.1) is 31.1 Å². The number of nitrogens with one attached hydrogen (secondary N) is 2. The Labute approximate surface area is 266 Å². The monoisotopic (exact) mass is 628 g/mol. The molecule has 2 aromatic carbocycles. The molecule has 0 atom stereocenters. The molecule has 0 saturated carbocycles. The molecule has 2 aromatic heterocycles. The van der Waals surface area contributed by atoms with Gasteiger partial charge in [0.2, 0.25) is 5.91 Å². The first-order chi connectivity index (χ1) is 21.3. The van der Waals surface area contributed by atoms with Gasteiger partial charge >= 0.3 is 0 Å². The lowest BCUT2D eigenvalue weighted by Crippen LogP contribution is -2.41. The van der Waals surface area contributed by atoms with E-state index in [0.717, 1.165) is 16.5 Å². The van der Waals surface area contributed by atoms with Crippen molar-refractivity contribution in [1.29, 1.82) is 0 Å². The molecule has 45 heavy (non-hydrogen) atoms. The molecule has 238 valence electrons. The van der Waals surface area contributed by atoms with Crippen LogP contribution in [0, 0.1) is 6.92 Å². The molecule has 9 nitrogen and oxygen atoms in total. The maximum Gasteiger partial charge on any atom is 0.258 e. The number of hydrogen-bond donors (Lipinski definition) is 2. The van der Waals surface area contributed by atoms with Gasteiger partial charge in [-0.05, 0) is 72.9 Å². The van der Waals surface area contributed by atoms with Crippen molar-refractivity contribution in [2.24, 2.45) is 0 Å². The lowest BCUT2D eigenvalue weighted by molar-refractivity contribution is -0.111. The van der Waals surface area contributed by atoms with Gasteiger partial charge in [-0.25, -0.2) is 4.98 Å². The molecular formula is C35H44N4O5Si. The van der Waals surface area contributed by atoms with Crippen LogP contribution in [0.5, 0.6) is 11.5 Å². The molecule has 0 radical (unpaired) electrons. The van der Waals surface area contributed by atoms with Crippen molar-refractivity contribution >= 4 is 42.3 Å². The number of aromatic nitrogens is 2. The van der Waals surface area contributed by atoms with Gasteiger partial charge in [-0.3, -0.25) is 9.59 Å². The van der Waals surface area contributed by atoms with Gasteiger partial charge in [0.15, 0.2) is 8.32 Å². The number of methoxy groups -OCH3 is 2. The number of rotatable bonds is 12. The van der Waals surface area contributed by atoms with Crippen LogP contribution in [0.25, 0.3) is 22.0 Å². The molecule has 0 aliphatic rings. The van der Waals surface area contributed by atoms with E-state index in [1.807, 2.05) is 49.4 Å². The summed E-state index contributed by atoms with van der Waals surface area (Å²) >= 11 is 0. The number of amides is 1. The Morgan fingerprint density at radius 1 is 1.07 bits per heavy atom. The second-order valence-electron chi connectivity index (χ2n) is 12.5. The zero-order valence-corrected chi connectivity index (χ0v) is 28.5. The first-order valence-electron chi connectivity index (χ1n) is 15.0. The molecule has 0 bridgehead atoms.